The van der Waals surface area contributed by atoms with Crippen LogP contribution in [-0.4, -0.2) is 15.3 Å². The Morgan fingerprint density at radius 3 is 3.00 bits per heavy atom. The Bertz CT molecular complexity index is 860. The number of thiophene rings is 1. The highest BCUT2D eigenvalue weighted by molar-refractivity contribution is 7.99. The molecule has 4 nitrogen and oxygen atoms in total. The van der Waals surface area contributed by atoms with Crippen LogP contribution in [-0.2, 0) is 19.4 Å². The highest BCUT2D eigenvalue weighted by Crippen LogP contribution is 2.34. The monoisotopic (exact) mass is 359 g/mol. The lowest BCUT2D eigenvalue weighted by Gasteiger charge is -2.11. The summed E-state index contributed by atoms with van der Waals surface area (Å²) in [4.78, 5) is 20.1. The highest BCUT2D eigenvalue weighted by Gasteiger charge is 2.21. The van der Waals surface area contributed by atoms with Gasteiger partial charge in [0.25, 0.3) is 5.56 Å². The number of aryl methyl sites for hydroxylation is 2. The number of hydrogen-bond acceptors (Lipinski definition) is 5. The molecule has 24 heavy (non-hydrogen) atoms. The van der Waals surface area contributed by atoms with Crippen molar-refractivity contribution in [2.45, 2.75) is 50.7 Å². The molecule has 1 aliphatic carbocycles. The summed E-state index contributed by atoms with van der Waals surface area (Å²) in [7, 11) is 0. The maximum Gasteiger partial charge on any atom is 0.263 e. The second-order valence-electron chi connectivity index (χ2n) is 6.18. The van der Waals surface area contributed by atoms with Gasteiger partial charge in [-0.15, -0.1) is 17.9 Å². The average molecular weight is 360 g/mol. The van der Waals surface area contributed by atoms with Crippen molar-refractivity contribution in [1.29, 1.82) is 5.26 Å². The van der Waals surface area contributed by atoms with Gasteiger partial charge >= 0.3 is 0 Å². The third-order valence-electron chi connectivity index (χ3n) is 4.28. The first-order chi connectivity index (χ1) is 11.7. The Morgan fingerprint density at radius 1 is 1.46 bits per heavy atom. The van der Waals surface area contributed by atoms with Crippen molar-refractivity contribution in [2.75, 3.05) is 5.75 Å². The van der Waals surface area contributed by atoms with Crippen LogP contribution in [0.1, 0.15) is 36.6 Å². The van der Waals surface area contributed by atoms with Crippen LogP contribution in [0.15, 0.2) is 22.6 Å². The molecule has 126 valence electrons. The Morgan fingerprint density at radius 2 is 2.25 bits per heavy atom. The molecule has 0 bridgehead atoms. The molecule has 0 saturated carbocycles. The van der Waals surface area contributed by atoms with E-state index in [2.05, 4.69) is 12.6 Å². The summed E-state index contributed by atoms with van der Waals surface area (Å²) in [5, 5.41) is 10.5. The molecule has 2 aromatic rings. The van der Waals surface area contributed by atoms with Crippen LogP contribution < -0.4 is 5.56 Å². The molecule has 0 N–H and O–H groups in total. The normalized spacial score (nSPS) is 15.5. The molecule has 3 rings (SSSR count). The van der Waals surface area contributed by atoms with E-state index in [1.54, 1.807) is 22.0 Å². The molecule has 0 amide bonds. The third-order valence-corrected chi connectivity index (χ3v) is 6.71. The molecule has 6 heteroatoms. The predicted molar refractivity (Wildman–Crippen MR) is 101 cm³/mol. The van der Waals surface area contributed by atoms with Gasteiger partial charge in [0, 0.05) is 17.2 Å². The smallest absolute Gasteiger partial charge is 0.263 e. The van der Waals surface area contributed by atoms with Gasteiger partial charge in [-0.2, -0.15) is 5.26 Å². The molecule has 0 fully saturated rings. The molecule has 1 aliphatic rings. The van der Waals surface area contributed by atoms with Crippen LogP contribution >= 0.6 is 23.1 Å². The van der Waals surface area contributed by atoms with Crippen molar-refractivity contribution < 1.29 is 0 Å². The van der Waals surface area contributed by atoms with E-state index in [4.69, 9.17) is 10.2 Å². The fourth-order valence-electron chi connectivity index (χ4n) is 3.03. The van der Waals surface area contributed by atoms with E-state index < -0.39 is 0 Å². The zero-order valence-electron chi connectivity index (χ0n) is 13.9. The maximum absolute atomic E-state index is 13.1. The lowest BCUT2D eigenvalue weighted by Crippen LogP contribution is -2.23. The molecule has 1 atom stereocenters. The fourth-order valence-corrected chi connectivity index (χ4v) is 5.29. The van der Waals surface area contributed by atoms with E-state index in [0.29, 0.717) is 17.5 Å². The Hall–Kier alpha value is -1.58. The Kier molecular flexibility index (Phi) is 5.42. The van der Waals surface area contributed by atoms with Gasteiger partial charge in [-0.1, -0.05) is 24.3 Å². The Balaban J connectivity index is 2.12. The van der Waals surface area contributed by atoms with E-state index >= 15 is 0 Å². The van der Waals surface area contributed by atoms with E-state index in [0.717, 1.165) is 29.5 Å². The lowest BCUT2D eigenvalue weighted by molar-refractivity contribution is 0.669. The zero-order valence-corrected chi connectivity index (χ0v) is 15.5. The number of rotatable bonds is 5. The first-order valence-electron chi connectivity index (χ1n) is 8.34. The van der Waals surface area contributed by atoms with Crippen molar-refractivity contribution in [3.63, 3.8) is 0 Å². The molecule has 0 unspecified atom stereocenters. The standard InChI is InChI=1S/C18H21N3OS2/c1-3-9-21-17(22)15-13-7-5-4-6-8-14(13)24-16(15)20-18(21)23-11-12(2)10-19/h3,12H,1,4-9,11H2,2H3/t12-/m1/s1. The van der Waals surface area contributed by atoms with Gasteiger partial charge in [0.1, 0.15) is 4.83 Å². The van der Waals surface area contributed by atoms with Crippen molar-refractivity contribution >= 4 is 33.3 Å². The molecule has 2 heterocycles. The first kappa shape index (κ1) is 17.2. The van der Waals surface area contributed by atoms with Gasteiger partial charge in [0.05, 0.1) is 17.4 Å². The summed E-state index contributed by atoms with van der Waals surface area (Å²) in [6, 6.07) is 2.23. The average Bonchev–Trinajstić information content (AvgIpc) is 2.77. The topological polar surface area (TPSA) is 58.7 Å². The highest BCUT2D eigenvalue weighted by atomic mass is 32.2. The molecule has 0 radical (unpaired) electrons. The fraction of sp³-hybridized carbons (Fsp3) is 0.500. The van der Waals surface area contributed by atoms with E-state index in [9.17, 15) is 4.79 Å². The van der Waals surface area contributed by atoms with Crippen molar-refractivity contribution in [3.8, 4) is 6.07 Å². The second kappa shape index (κ2) is 7.54. The van der Waals surface area contributed by atoms with Gasteiger partial charge in [0.15, 0.2) is 5.16 Å². The summed E-state index contributed by atoms with van der Waals surface area (Å²) < 4.78 is 1.71. The quantitative estimate of drug-likeness (QED) is 0.348. The minimum atomic E-state index is -0.0696. The molecule has 0 aliphatic heterocycles. The number of nitriles is 1. The van der Waals surface area contributed by atoms with Gasteiger partial charge in [-0.3, -0.25) is 9.36 Å². The van der Waals surface area contributed by atoms with Crippen LogP contribution in [0.25, 0.3) is 10.2 Å². The number of fused-ring (bicyclic) bond motifs is 3. The van der Waals surface area contributed by atoms with Gasteiger partial charge in [0.2, 0.25) is 0 Å². The molecule has 0 aromatic carbocycles. The van der Waals surface area contributed by atoms with Crippen molar-refractivity contribution in [2.24, 2.45) is 5.92 Å². The molecule has 2 aromatic heterocycles. The van der Waals surface area contributed by atoms with Crippen LogP contribution in [0.3, 0.4) is 0 Å². The zero-order chi connectivity index (χ0) is 17.1. The van der Waals surface area contributed by atoms with Gasteiger partial charge < -0.3 is 0 Å². The summed E-state index contributed by atoms with van der Waals surface area (Å²) in [6.07, 6.45) is 7.36. The number of thioether (sulfide) groups is 1. The van der Waals surface area contributed by atoms with E-state index in [-0.39, 0.29) is 11.5 Å². The third kappa shape index (κ3) is 3.28. The number of aromatic nitrogens is 2. The molecule has 0 spiro atoms. The van der Waals surface area contributed by atoms with Gasteiger partial charge in [-0.25, -0.2) is 4.98 Å². The van der Waals surface area contributed by atoms with E-state index in [1.165, 1.54) is 35.0 Å². The summed E-state index contributed by atoms with van der Waals surface area (Å²) in [5.41, 5.74) is 1.27. The number of allylic oxidation sites excluding steroid dienone is 1. The van der Waals surface area contributed by atoms with Crippen molar-refractivity contribution in [1.82, 2.24) is 9.55 Å². The Labute approximate surface area is 150 Å². The van der Waals surface area contributed by atoms with E-state index in [1.807, 2.05) is 6.92 Å². The summed E-state index contributed by atoms with van der Waals surface area (Å²) in [5.74, 6) is 0.566. The van der Waals surface area contributed by atoms with Crippen LogP contribution in [0.4, 0.5) is 0 Å². The van der Waals surface area contributed by atoms with Crippen molar-refractivity contribution in [3.05, 3.63) is 33.4 Å². The predicted octanol–water partition coefficient (Wildman–Crippen LogP) is 4.16. The number of nitrogens with zero attached hydrogens (tertiary/aromatic N) is 3. The van der Waals surface area contributed by atoms with Crippen LogP contribution in [0.2, 0.25) is 0 Å². The van der Waals surface area contributed by atoms with Crippen LogP contribution in [0, 0.1) is 17.2 Å². The first-order valence-corrected chi connectivity index (χ1v) is 10.1. The minimum absolute atomic E-state index is 0.0476. The lowest BCUT2D eigenvalue weighted by atomic mass is 10.1. The SMILES string of the molecule is C=CCn1c(SC[C@H](C)C#N)nc2sc3c(c2c1=O)CCCCC3. The minimum Gasteiger partial charge on any atom is -0.283 e. The summed E-state index contributed by atoms with van der Waals surface area (Å²) >= 11 is 3.17. The maximum atomic E-state index is 13.1. The largest absolute Gasteiger partial charge is 0.283 e. The molecule has 0 saturated heterocycles. The second-order valence-corrected chi connectivity index (χ2v) is 8.26. The van der Waals surface area contributed by atoms with Crippen LogP contribution in [0.5, 0.6) is 0 Å². The molecular formula is C18H21N3OS2. The summed E-state index contributed by atoms with van der Waals surface area (Å²) in [6.45, 7) is 6.11. The van der Waals surface area contributed by atoms with Gasteiger partial charge in [-0.05, 0) is 38.2 Å². The number of hydrogen-bond donors (Lipinski definition) is 0. The molecular weight excluding hydrogens is 338 g/mol.